The van der Waals surface area contributed by atoms with Gasteiger partial charge in [0.1, 0.15) is 11.5 Å². The third-order valence-corrected chi connectivity index (χ3v) is 4.71. The van der Waals surface area contributed by atoms with Crippen LogP contribution in [-0.4, -0.2) is 34.5 Å². The number of nitrogens with zero attached hydrogens (tertiary/aromatic N) is 2. The van der Waals surface area contributed by atoms with Crippen LogP contribution < -0.4 is 5.32 Å². The summed E-state index contributed by atoms with van der Waals surface area (Å²) < 4.78 is 11.9. The van der Waals surface area contributed by atoms with Crippen LogP contribution in [0.5, 0.6) is 0 Å². The molecule has 1 fully saturated rings. The SMILES string of the molecule is COC(=O)c1ccc(CN2C(=O)N/C(=C\c3cccn3-c3ccc(C)cc3)C2=O)o1. The summed E-state index contributed by atoms with van der Waals surface area (Å²) in [5, 5.41) is 2.59. The van der Waals surface area contributed by atoms with Crippen molar-refractivity contribution < 1.29 is 23.5 Å². The Labute approximate surface area is 172 Å². The van der Waals surface area contributed by atoms with Gasteiger partial charge in [0.15, 0.2) is 0 Å². The summed E-state index contributed by atoms with van der Waals surface area (Å²) >= 11 is 0. The van der Waals surface area contributed by atoms with Gasteiger partial charge in [0.05, 0.1) is 13.7 Å². The predicted octanol–water partition coefficient (Wildman–Crippen LogP) is 3.26. The first kappa shape index (κ1) is 19.3. The molecule has 0 bridgehead atoms. The van der Waals surface area contributed by atoms with Crippen LogP contribution in [0.15, 0.2) is 64.8 Å². The van der Waals surface area contributed by atoms with E-state index >= 15 is 0 Å². The number of ether oxygens (including phenoxy) is 1. The second kappa shape index (κ2) is 7.75. The Hall–Kier alpha value is -4.07. The van der Waals surface area contributed by atoms with Gasteiger partial charge < -0.3 is 19.0 Å². The van der Waals surface area contributed by atoms with Gasteiger partial charge in [0, 0.05) is 17.6 Å². The molecule has 1 aliphatic heterocycles. The van der Waals surface area contributed by atoms with Crippen LogP contribution in [0.25, 0.3) is 11.8 Å². The van der Waals surface area contributed by atoms with E-state index in [1.807, 2.05) is 54.1 Å². The molecule has 152 valence electrons. The minimum atomic E-state index is -0.629. The standard InChI is InChI=1S/C22H19N3O5/c1-14-5-7-15(8-6-14)24-11-3-4-16(24)12-18-20(26)25(22(28)23-18)13-17-9-10-19(30-17)21(27)29-2/h3-12H,13H2,1-2H3,(H,23,28)/b18-12-. The van der Waals surface area contributed by atoms with E-state index in [1.165, 1.54) is 19.2 Å². The van der Waals surface area contributed by atoms with E-state index in [0.29, 0.717) is 5.76 Å². The lowest BCUT2D eigenvalue weighted by atomic mass is 10.2. The molecule has 0 spiro atoms. The fourth-order valence-corrected chi connectivity index (χ4v) is 3.14. The van der Waals surface area contributed by atoms with Crippen molar-refractivity contribution in [2.24, 2.45) is 0 Å². The average molecular weight is 405 g/mol. The molecule has 4 rings (SSSR count). The lowest BCUT2D eigenvalue weighted by Crippen LogP contribution is -2.30. The number of benzene rings is 1. The molecule has 0 radical (unpaired) electrons. The number of carbonyl (C=O) groups is 3. The smallest absolute Gasteiger partial charge is 0.373 e. The van der Waals surface area contributed by atoms with Gasteiger partial charge in [-0.05, 0) is 49.4 Å². The molecule has 2 aromatic heterocycles. The van der Waals surface area contributed by atoms with Gasteiger partial charge in [-0.2, -0.15) is 0 Å². The summed E-state index contributed by atoms with van der Waals surface area (Å²) in [5.41, 5.74) is 2.99. The predicted molar refractivity (Wildman–Crippen MR) is 108 cm³/mol. The third kappa shape index (κ3) is 3.62. The van der Waals surface area contributed by atoms with Crippen LogP contribution in [0, 0.1) is 6.92 Å². The Bertz CT molecular complexity index is 1150. The van der Waals surface area contributed by atoms with Crippen molar-refractivity contribution in [2.75, 3.05) is 7.11 Å². The first-order chi connectivity index (χ1) is 14.5. The average Bonchev–Trinajstić information content (AvgIpc) is 3.45. The molecule has 8 heteroatoms. The molecule has 1 N–H and O–H groups in total. The third-order valence-electron chi connectivity index (χ3n) is 4.71. The highest BCUT2D eigenvalue weighted by molar-refractivity contribution is 6.13. The Morgan fingerprint density at radius 2 is 1.90 bits per heavy atom. The van der Waals surface area contributed by atoms with Crippen molar-refractivity contribution in [3.63, 3.8) is 0 Å². The minimum absolute atomic E-state index is 0.00578. The highest BCUT2D eigenvalue weighted by Crippen LogP contribution is 2.21. The second-order valence-electron chi connectivity index (χ2n) is 6.78. The maximum atomic E-state index is 12.8. The van der Waals surface area contributed by atoms with Gasteiger partial charge in [-0.15, -0.1) is 0 Å². The zero-order valence-corrected chi connectivity index (χ0v) is 16.4. The lowest BCUT2D eigenvalue weighted by Gasteiger charge is -2.09. The van der Waals surface area contributed by atoms with Gasteiger partial charge in [-0.1, -0.05) is 17.7 Å². The topological polar surface area (TPSA) is 93.8 Å². The molecule has 1 aliphatic rings. The maximum absolute atomic E-state index is 12.8. The molecular formula is C22H19N3O5. The summed E-state index contributed by atoms with van der Waals surface area (Å²) in [6, 6.07) is 14.1. The van der Waals surface area contributed by atoms with E-state index in [1.54, 1.807) is 6.08 Å². The van der Waals surface area contributed by atoms with Gasteiger partial charge in [-0.3, -0.25) is 9.69 Å². The molecule has 3 heterocycles. The van der Waals surface area contributed by atoms with E-state index in [9.17, 15) is 14.4 Å². The Morgan fingerprint density at radius 3 is 2.63 bits per heavy atom. The number of rotatable bonds is 5. The first-order valence-corrected chi connectivity index (χ1v) is 9.22. The number of nitrogens with one attached hydrogen (secondary N) is 1. The number of urea groups is 1. The fraction of sp³-hybridized carbons (Fsp3) is 0.136. The Balaban J connectivity index is 1.55. The quantitative estimate of drug-likeness (QED) is 0.400. The number of hydrogen-bond acceptors (Lipinski definition) is 5. The van der Waals surface area contributed by atoms with Crippen molar-refractivity contribution in [1.82, 2.24) is 14.8 Å². The zero-order chi connectivity index (χ0) is 21.3. The largest absolute Gasteiger partial charge is 0.463 e. The van der Waals surface area contributed by atoms with Crippen LogP contribution in [0.3, 0.4) is 0 Å². The number of furan rings is 1. The highest BCUT2D eigenvalue weighted by atomic mass is 16.5. The molecule has 30 heavy (non-hydrogen) atoms. The number of amides is 3. The Kier molecular flexibility index (Phi) is 4.97. The van der Waals surface area contributed by atoms with Crippen LogP contribution >= 0.6 is 0 Å². The summed E-state index contributed by atoms with van der Waals surface area (Å²) in [7, 11) is 1.24. The lowest BCUT2D eigenvalue weighted by molar-refractivity contribution is -0.123. The molecule has 3 aromatic rings. The summed E-state index contributed by atoms with van der Waals surface area (Å²) in [6.45, 7) is 1.91. The van der Waals surface area contributed by atoms with E-state index in [4.69, 9.17) is 4.42 Å². The number of esters is 1. The molecular weight excluding hydrogens is 386 g/mol. The normalized spacial score (nSPS) is 15.0. The maximum Gasteiger partial charge on any atom is 0.373 e. The van der Waals surface area contributed by atoms with Gasteiger partial charge >= 0.3 is 12.0 Å². The van der Waals surface area contributed by atoms with E-state index in [-0.39, 0.29) is 18.0 Å². The molecule has 1 saturated heterocycles. The van der Waals surface area contributed by atoms with Crippen molar-refractivity contribution in [2.45, 2.75) is 13.5 Å². The van der Waals surface area contributed by atoms with Crippen molar-refractivity contribution in [1.29, 1.82) is 0 Å². The van der Waals surface area contributed by atoms with Crippen LogP contribution in [-0.2, 0) is 16.1 Å². The monoisotopic (exact) mass is 405 g/mol. The number of methoxy groups -OCH3 is 1. The van der Waals surface area contributed by atoms with Crippen molar-refractivity contribution in [3.8, 4) is 5.69 Å². The molecule has 0 atom stereocenters. The highest BCUT2D eigenvalue weighted by Gasteiger charge is 2.34. The second-order valence-corrected chi connectivity index (χ2v) is 6.78. The summed E-state index contributed by atoms with van der Waals surface area (Å²) in [6.07, 6.45) is 3.51. The van der Waals surface area contributed by atoms with Gasteiger partial charge in [-0.25, -0.2) is 9.59 Å². The molecule has 0 saturated carbocycles. The van der Waals surface area contributed by atoms with Crippen molar-refractivity contribution >= 4 is 24.0 Å². The summed E-state index contributed by atoms with van der Waals surface area (Å²) in [4.78, 5) is 37.6. The fourth-order valence-electron chi connectivity index (χ4n) is 3.14. The number of carbonyl (C=O) groups excluding carboxylic acids is 3. The van der Waals surface area contributed by atoms with Gasteiger partial charge in [0.25, 0.3) is 5.91 Å². The van der Waals surface area contributed by atoms with Crippen LogP contribution in [0.4, 0.5) is 4.79 Å². The van der Waals surface area contributed by atoms with Crippen LogP contribution in [0.1, 0.15) is 27.6 Å². The molecule has 0 unspecified atom stereocenters. The molecule has 3 amide bonds. The first-order valence-electron chi connectivity index (χ1n) is 9.22. The van der Waals surface area contributed by atoms with E-state index in [0.717, 1.165) is 21.8 Å². The molecule has 1 aromatic carbocycles. The number of imide groups is 1. The van der Waals surface area contributed by atoms with E-state index < -0.39 is 17.9 Å². The molecule has 8 nitrogen and oxygen atoms in total. The van der Waals surface area contributed by atoms with Crippen molar-refractivity contribution in [3.05, 3.63) is 83.2 Å². The Morgan fingerprint density at radius 1 is 1.13 bits per heavy atom. The molecule has 0 aliphatic carbocycles. The number of aromatic nitrogens is 1. The number of aryl methyl sites for hydroxylation is 1. The van der Waals surface area contributed by atoms with Crippen LogP contribution in [0.2, 0.25) is 0 Å². The minimum Gasteiger partial charge on any atom is -0.463 e. The van der Waals surface area contributed by atoms with E-state index in [2.05, 4.69) is 10.1 Å². The van der Waals surface area contributed by atoms with Gasteiger partial charge in [0.2, 0.25) is 5.76 Å². The number of hydrogen-bond donors (Lipinski definition) is 1. The summed E-state index contributed by atoms with van der Waals surface area (Å²) in [5.74, 6) is -0.807. The zero-order valence-electron chi connectivity index (χ0n) is 16.4.